The van der Waals surface area contributed by atoms with Crippen molar-refractivity contribution in [3.8, 4) is 0 Å². The van der Waals surface area contributed by atoms with Crippen LogP contribution in [0.3, 0.4) is 0 Å². The van der Waals surface area contributed by atoms with Gasteiger partial charge in [-0.15, -0.1) is 0 Å². The number of likely N-dealkylation sites (N-methyl/N-ethyl adjacent to an activating group) is 1. The van der Waals surface area contributed by atoms with Crippen LogP contribution in [0.25, 0.3) is 0 Å². The van der Waals surface area contributed by atoms with E-state index in [2.05, 4.69) is 20.1 Å². The number of halogens is 1. The molecular formula is C35H50FN5O4. The first kappa shape index (κ1) is 31.2. The zero-order valence-electron chi connectivity index (χ0n) is 26.7. The number of morpholine rings is 2. The topological polar surface area (TPSA) is 87.2 Å². The number of ether oxygens (including phenoxy) is 2. The van der Waals surface area contributed by atoms with Crippen molar-refractivity contribution in [3.05, 3.63) is 41.9 Å². The van der Waals surface area contributed by atoms with Crippen molar-refractivity contribution in [3.63, 3.8) is 0 Å². The van der Waals surface area contributed by atoms with Crippen molar-refractivity contribution in [1.29, 1.82) is 0 Å². The molecular weight excluding hydrogens is 573 g/mol. The largest absolute Gasteiger partial charge is 0.379 e. The van der Waals surface area contributed by atoms with Gasteiger partial charge in [-0.2, -0.15) is 0 Å². The maximum absolute atomic E-state index is 16.2. The van der Waals surface area contributed by atoms with Crippen LogP contribution in [-0.2, 0) is 25.5 Å². The Hall–Kier alpha value is -2.40. The van der Waals surface area contributed by atoms with Gasteiger partial charge in [-0.1, -0.05) is 25.3 Å². The number of carbonyl (C=O) groups excluding carboxylic acids is 2. The Morgan fingerprint density at radius 2 is 1.98 bits per heavy atom. The fourth-order valence-electron chi connectivity index (χ4n) is 9.33. The molecule has 1 aromatic heterocycles. The van der Waals surface area contributed by atoms with Crippen molar-refractivity contribution in [2.45, 2.75) is 94.3 Å². The molecule has 1 N–H and O–H groups in total. The number of nitrogens with zero attached hydrogens (tertiary/aromatic N) is 4. The summed E-state index contributed by atoms with van der Waals surface area (Å²) in [6.07, 6.45) is 10.6. The van der Waals surface area contributed by atoms with Gasteiger partial charge in [0.15, 0.2) is 5.78 Å². The van der Waals surface area contributed by atoms with E-state index in [1.54, 1.807) is 18.1 Å². The van der Waals surface area contributed by atoms with E-state index in [9.17, 15) is 9.59 Å². The molecule has 3 saturated carbocycles. The lowest BCUT2D eigenvalue weighted by atomic mass is 9.63. The Morgan fingerprint density at radius 1 is 1.13 bits per heavy atom. The number of hydrogen-bond donors (Lipinski definition) is 1. The Balaban J connectivity index is 1.13. The minimum absolute atomic E-state index is 0.0168. The molecule has 0 bridgehead atoms. The highest BCUT2D eigenvalue weighted by molar-refractivity contribution is 6.20. The molecule has 5 fully saturated rings. The van der Waals surface area contributed by atoms with Gasteiger partial charge in [-0.25, -0.2) is 4.39 Å². The second kappa shape index (κ2) is 13.8. The molecule has 4 heterocycles. The monoisotopic (exact) mass is 623 g/mol. The van der Waals surface area contributed by atoms with Crippen molar-refractivity contribution in [2.75, 3.05) is 53.0 Å². The summed E-state index contributed by atoms with van der Waals surface area (Å²) in [5, 5.41) is 3.55. The van der Waals surface area contributed by atoms with Crippen LogP contribution in [0.4, 0.5) is 4.39 Å². The first-order valence-corrected chi connectivity index (χ1v) is 17.5. The van der Waals surface area contributed by atoms with Gasteiger partial charge < -0.3 is 24.6 Å². The molecule has 2 saturated heterocycles. The lowest BCUT2D eigenvalue weighted by Gasteiger charge is -2.62. The summed E-state index contributed by atoms with van der Waals surface area (Å²) in [6.45, 7) is 5.55. The molecule has 9 unspecified atom stereocenters. The number of Topliss-reactive ketones (excluding diaryl/α,β-unsaturated/α-hetero) is 1. The maximum Gasteiger partial charge on any atom is 0.258 e. The summed E-state index contributed by atoms with van der Waals surface area (Å²) >= 11 is 0. The number of hydrogen-bond acceptors (Lipinski definition) is 8. The molecule has 0 spiro atoms. The van der Waals surface area contributed by atoms with Crippen molar-refractivity contribution < 1.29 is 23.5 Å². The lowest BCUT2D eigenvalue weighted by Crippen LogP contribution is -2.74. The summed E-state index contributed by atoms with van der Waals surface area (Å²) < 4.78 is 28.6. The van der Waals surface area contributed by atoms with Gasteiger partial charge in [0.2, 0.25) is 0 Å². The summed E-state index contributed by atoms with van der Waals surface area (Å²) in [5.41, 5.74) is 1.11. The lowest BCUT2D eigenvalue weighted by molar-refractivity contribution is -0.215. The minimum Gasteiger partial charge on any atom is -0.379 e. The molecule has 246 valence electrons. The molecule has 9 nitrogen and oxygen atoms in total. The zero-order valence-corrected chi connectivity index (χ0v) is 26.7. The van der Waals surface area contributed by atoms with Gasteiger partial charge in [0, 0.05) is 57.1 Å². The third-order valence-corrected chi connectivity index (χ3v) is 11.6. The number of ketones is 1. The number of aromatic nitrogens is 1. The average Bonchev–Trinajstić information content (AvgIpc) is 3.08. The number of rotatable bonds is 9. The van der Waals surface area contributed by atoms with Crippen molar-refractivity contribution in [2.24, 2.45) is 17.8 Å². The number of carbonyl (C=O) groups is 2. The molecule has 3 aliphatic heterocycles. The number of pyridine rings is 1. The molecule has 45 heavy (non-hydrogen) atoms. The average molecular weight is 624 g/mol. The Morgan fingerprint density at radius 3 is 2.80 bits per heavy atom. The molecule has 6 aliphatic rings. The smallest absolute Gasteiger partial charge is 0.258 e. The summed E-state index contributed by atoms with van der Waals surface area (Å²) in [4.78, 5) is 38.8. The minimum atomic E-state index is -1.22. The normalized spacial score (nSPS) is 36.4. The van der Waals surface area contributed by atoms with E-state index in [0.717, 1.165) is 64.2 Å². The Bertz CT molecular complexity index is 1230. The maximum atomic E-state index is 16.2. The number of nitrogens with one attached hydrogen (secondary N) is 1. The molecule has 0 radical (unpaired) electrons. The first-order chi connectivity index (χ1) is 22.0. The van der Waals surface area contributed by atoms with Crippen LogP contribution < -0.4 is 5.32 Å². The van der Waals surface area contributed by atoms with Gasteiger partial charge in [0.25, 0.3) is 5.91 Å². The van der Waals surface area contributed by atoms with Crippen LogP contribution >= 0.6 is 0 Å². The molecule has 3 aliphatic carbocycles. The molecule has 0 aromatic carbocycles. The fourth-order valence-corrected chi connectivity index (χ4v) is 9.33. The quantitative estimate of drug-likeness (QED) is 0.332. The predicted octanol–water partition coefficient (Wildman–Crippen LogP) is 2.99. The molecule has 10 heteroatoms. The number of alkyl halides is 1. The third-order valence-electron chi connectivity index (χ3n) is 11.6. The van der Waals surface area contributed by atoms with Crippen LogP contribution in [0.5, 0.6) is 0 Å². The second-order valence-electron chi connectivity index (χ2n) is 14.2. The Kier molecular flexibility index (Phi) is 9.54. The standard InChI is InChI=1S/C35H50FN5O4/c1-39(16-12-24-8-4-5-13-37-24)35(43)27-22-41-31-25-9-3-2-7-23(25)10-11-29(31)45-34-30(28(36)21-26(32(34)41)33(27)42)38-14-6-15-40-17-19-44-20-18-40/h4-5,8,13,22-23,25-26,28-32,34,38H,2-3,6-7,9-12,14-21H2,1H3. The van der Waals surface area contributed by atoms with Crippen LogP contribution in [0.2, 0.25) is 0 Å². The highest BCUT2D eigenvalue weighted by atomic mass is 19.1. The fraction of sp³-hybridized carbons (Fsp3) is 0.743. The highest BCUT2D eigenvalue weighted by Crippen LogP contribution is 2.51. The van der Waals surface area contributed by atoms with E-state index in [4.69, 9.17) is 9.47 Å². The molecule has 7 rings (SSSR count). The SMILES string of the molecule is CN(CCc1ccccn1)C(=O)C1=CN2C3C(CCC4CCCCC43)OC3C(NCCCN4CCOCC4)C(F)CC(C1=O)C32. The van der Waals surface area contributed by atoms with E-state index >= 15 is 4.39 Å². The van der Waals surface area contributed by atoms with Crippen molar-refractivity contribution >= 4 is 11.7 Å². The van der Waals surface area contributed by atoms with E-state index in [0.29, 0.717) is 31.3 Å². The summed E-state index contributed by atoms with van der Waals surface area (Å²) in [6, 6.07) is 5.16. The van der Waals surface area contributed by atoms with Crippen LogP contribution in [0, 0.1) is 17.8 Å². The van der Waals surface area contributed by atoms with Gasteiger partial charge in [-0.3, -0.25) is 19.5 Å². The summed E-state index contributed by atoms with van der Waals surface area (Å²) in [5.74, 6) is 0.0434. The molecule has 1 amide bonds. The van der Waals surface area contributed by atoms with Gasteiger partial charge in [0.05, 0.1) is 49.1 Å². The van der Waals surface area contributed by atoms with Crippen molar-refractivity contribution in [1.82, 2.24) is 25.0 Å². The van der Waals surface area contributed by atoms with Gasteiger partial charge in [0.1, 0.15) is 6.17 Å². The van der Waals surface area contributed by atoms with E-state index in [1.165, 1.54) is 19.3 Å². The van der Waals surface area contributed by atoms with E-state index in [-0.39, 0.29) is 41.9 Å². The van der Waals surface area contributed by atoms with E-state index < -0.39 is 24.2 Å². The molecule has 1 aromatic rings. The second-order valence-corrected chi connectivity index (χ2v) is 14.2. The highest BCUT2D eigenvalue weighted by Gasteiger charge is 2.60. The van der Waals surface area contributed by atoms with E-state index in [1.807, 2.05) is 24.4 Å². The number of amides is 1. The molecule has 9 atom stereocenters. The first-order valence-electron chi connectivity index (χ1n) is 17.5. The predicted molar refractivity (Wildman–Crippen MR) is 168 cm³/mol. The van der Waals surface area contributed by atoms with Gasteiger partial charge in [-0.05, 0) is 69.2 Å². The Labute approximate surface area is 266 Å². The van der Waals surface area contributed by atoms with Crippen LogP contribution in [0.1, 0.15) is 57.1 Å². The van der Waals surface area contributed by atoms with Crippen LogP contribution in [0.15, 0.2) is 36.2 Å². The number of fused-ring (bicyclic) bond motifs is 4. The zero-order chi connectivity index (χ0) is 30.9. The third kappa shape index (κ3) is 6.32. The summed E-state index contributed by atoms with van der Waals surface area (Å²) in [7, 11) is 1.75. The van der Waals surface area contributed by atoms with Gasteiger partial charge >= 0.3 is 0 Å². The van der Waals surface area contributed by atoms with Crippen LogP contribution in [-0.4, -0.2) is 121 Å².